The quantitative estimate of drug-likeness (QED) is 0.385. The highest BCUT2D eigenvalue weighted by Crippen LogP contribution is 2.49. The third-order valence-electron chi connectivity index (χ3n) is 5.70. The molecule has 3 aromatic carbocycles. The lowest BCUT2D eigenvalue weighted by atomic mass is 9.88. The molecule has 2 atom stereocenters. The van der Waals surface area contributed by atoms with Gasteiger partial charge in [-0.05, 0) is 30.7 Å². The Labute approximate surface area is 157 Å². The Morgan fingerprint density at radius 3 is 2.59 bits per heavy atom. The summed E-state index contributed by atoms with van der Waals surface area (Å²) < 4.78 is 12.5. The van der Waals surface area contributed by atoms with Crippen LogP contribution < -0.4 is 4.74 Å². The Morgan fingerprint density at radius 2 is 1.63 bits per heavy atom. The second-order valence-electron chi connectivity index (χ2n) is 7.38. The molecule has 4 aromatic rings. The molecule has 130 valence electrons. The fourth-order valence-corrected chi connectivity index (χ4v) is 4.47. The van der Waals surface area contributed by atoms with Gasteiger partial charge in [-0.2, -0.15) is 0 Å². The SMILES string of the molecule is CC1=CC2Oc3c(-c4cccc5oc6ccccc6c45)cccc3C2C=C1. The third kappa shape index (κ3) is 2.07. The molecule has 0 saturated carbocycles. The molecule has 1 aliphatic heterocycles. The number of fused-ring (bicyclic) bond motifs is 6. The van der Waals surface area contributed by atoms with Crippen LogP contribution in [-0.4, -0.2) is 6.10 Å². The highest BCUT2D eigenvalue weighted by atomic mass is 16.5. The van der Waals surface area contributed by atoms with Gasteiger partial charge in [0.05, 0.1) is 0 Å². The summed E-state index contributed by atoms with van der Waals surface area (Å²) in [5.41, 5.74) is 6.66. The Hall–Kier alpha value is -3.26. The van der Waals surface area contributed by atoms with Crippen LogP contribution in [-0.2, 0) is 0 Å². The Morgan fingerprint density at radius 1 is 0.815 bits per heavy atom. The van der Waals surface area contributed by atoms with Crippen molar-refractivity contribution in [2.45, 2.75) is 18.9 Å². The minimum absolute atomic E-state index is 0.0893. The van der Waals surface area contributed by atoms with Crippen molar-refractivity contribution >= 4 is 21.9 Å². The van der Waals surface area contributed by atoms with E-state index in [1.807, 2.05) is 18.2 Å². The van der Waals surface area contributed by atoms with Crippen LogP contribution in [0.2, 0.25) is 0 Å². The Bertz CT molecular complexity index is 1270. The van der Waals surface area contributed by atoms with Crippen LogP contribution in [0.5, 0.6) is 5.75 Å². The summed E-state index contributed by atoms with van der Waals surface area (Å²) in [5.74, 6) is 1.30. The second-order valence-corrected chi connectivity index (χ2v) is 7.38. The maximum atomic E-state index is 6.45. The van der Waals surface area contributed by atoms with E-state index in [0.717, 1.165) is 38.8 Å². The van der Waals surface area contributed by atoms with Gasteiger partial charge in [-0.15, -0.1) is 0 Å². The van der Waals surface area contributed by atoms with Crippen LogP contribution in [0.15, 0.2) is 88.9 Å². The van der Waals surface area contributed by atoms with Crippen LogP contribution >= 0.6 is 0 Å². The van der Waals surface area contributed by atoms with E-state index in [9.17, 15) is 0 Å². The molecule has 1 aromatic heterocycles. The van der Waals surface area contributed by atoms with Crippen molar-refractivity contribution in [2.75, 3.05) is 0 Å². The molecule has 2 aliphatic rings. The predicted molar refractivity (Wildman–Crippen MR) is 109 cm³/mol. The van der Waals surface area contributed by atoms with Crippen LogP contribution in [0.1, 0.15) is 18.4 Å². The van der Waals surface area contributed by atoms with Gasteiger partial charge in [0.1, 0.15) is 23.0 Å². The molecular weight excluding hydrogens is 332 g/mol. The molecule has 0 spiro atoms. The topological polar surface area (TPSA) is 22.4 Å². The number of rotatable bonds is 1. The Balaban J connectivity index is 1.63. The fourth-order valence-electron chi connectivity index (χ4n) is 4.47. The van der Waals surface area contributed by atoms with Gasteiger partial charge >= 0.3 is 0 Å². The van der Waals surface area contributed by atoms with Crippen molar-refractivity contribution in [3.63, 3.8) is 0 Å². The zero-order valence-electron chi connectivity index (χ0n) is 15.0. The van der Waals surface area contributed by atoms with E-state index >= 15 is 0 Å². The van der Waals surface area contributed by atoms with Crippen LogP contribution in [0.25, 0.3) is 33.1 Å². The summed E-state index contributed by atoms with van der Waals surface area (Å²) in [7, 11) is 0. The van der Waals surface area contributed by atoms with E-state index in [1.165, 1.54) is 11.1 Å². The van der Waals surface area contributed by atoms with E-state index in [2.05, 4.69) is 67.6 Å². The first-order valence-corrected chi connectivity index (χ1v) is 9.36. The van der Waals surface area contributed by atoms with Crippen molar-refractivity contribution in [3.8, 4) is 16.9 Å². The average molecular weight is 350 g/mol. The third-order valence-corrected chi connectivity index (χ3v) is 5.70. The molecule has 2 heteroatoms. The van der Waals surface area contributed by atoms with Crippen molar-refractivity contribution in [2.24, 2.45) is 0 Å². The van der Waals surface area contributed by atoms with Crippen molar-refractivity contribution < 1.29 is 9.15 Å². The molecule has 0 saturated heterocycles. The van der Waals surface area contributed by atoms with Crippen LogP contribution in [0, 0.1) is 0 Å². The molecule has 0 fully saturated rings. The minimum atomic E-state index is 0.0893. The summed E-state index contributed by atoms with van der Waals surface area (Å²) in [4.78, 5) is 0. The van der Waals surface area contributed by atoms with E-state index in [4.69, 9.17) is 9.15 Å². The number of hydrogen-bond acceptors (Lipinski definition) is 2. The standard InChI is InChI=1S/C25H18O2/c1-15-12-13-16-18-8-4-9-19(25(18)27-23(16)14-15)17-7-5-11-22-24(17)20-6-2-3-10-21(20)26-22/h2-14,16,23H,1H3. The van der Waals surface area contributed by atoms with E-state index in [0.29, 0.717) is 5.92 Å². The summed E-state index contributed by atoms with van der Waals surface area (Å²) in [6.45, 7) is 2.12. The summed E-state index contributed by atoms with van der Waals surface area (Å²) in [6.07, 6.45) is 6.77. The summed E-state index contributed by atoms with van der Waals surface area (Å²) in [5, 5.41) is 2.30. The molecular formula is C25H18O2. The molecule has 2 nitrogen and oxygen atoms in total. The first kappa shape index (κ1) is 14.9. The number of allylic oxidation sites excluding steroid dienone is 2. The number of furan rings is 1. The van der Waals surface area contributed by atoms with Gasteiger partial charge in [-0.1, -0.05) is 66.3 Å². The van der Waals surface area contributed by atoms with E-state index < -0.39 is 0 Å². The van der Waals surface area contributed by atoms with Crippen LogP contribution in [0.4, 0.5) is 0 Å². The molecule has 0 amide bonds. The monoisotopic (exact) mass is 350 g/mol. The van der Waals surface area contributed by atoms with E-state index in [-0.39, 0.29) is 6.10 Å². The molecule has 2 heterocycles. The van der Waals surface area contributed by atoms with Crippen molar-refractivity contribution in [3.05, 3.63) is 90.0 Å². The Kier molecular flexibility index (Phi) is 2.96. The lowest BCUT2D eigenvalue weighted by Crippen LogP contribution is -2.16. The van der Waals surface area contributed by atoms with E-state index in [1.54, 1.807) is 0 Å². The lowest BCUT2D eigenvalue weighted by Gasteiger charge is -2.16. The van der Waals surface area contributed by atoms with Gasteiger partial charge in [0.2, 0.25) is 0 Å². The highest BCUT2D eigenvalue weighted by Gasteiger charge is 2.34. The highest BCUT2D eigenvalue weighted by molar-refractivity contribution is 6.12. The van der Waals surface area contributed by atoms with Gasteiger partial charge in [0.15, 0.2) is 0 Å². The molecule has 0 N–H and O–H groups in total. The van der Waals surface area contributed by atoms with Gasteiger partial charge in [-0.25, -0.2) is 0 Å². The maximum absolute atomic E-state index is 6.45. The summed E-state index contributed by atoms with van der Waals surface area (Å²) in [6, 6.07) is 21.0. The molecule has 0 radical (unpaired) electrons. The largest absolute Gasteiger partial charge is 0.484 e. The maximum Gasteiger partial charge on any atom is 0.136 e. The number of benzene rings is 3. The number of hydrogen-bond donors (Lipinski definition) is 0. The minimum Gasteiger partial charge on any atom is -0.484 e. The molecule has 1 aliphatic carbocycles. The predicted octanol–water partition coefficient (Wildman–Crippen LogP) is 6.61. The van der Waals surface area contributed by atoms with Crippen LogP contribution in [0.3, 0.4) is 0 Å². The first-order valence-electron chi connectivity index (χ1n) is 9.36. The van der Waals surface area contributed by atoms with Gasteiger partial charge < -0.3 is 9.15 Å². The van der Waals surface area contributed by atoms with Crippen molar-refractivity contribution in [1.82, 2.24) is 0 Å². The van der Waals surface area contributed by atoms with Gasteiger partial charge in [-0.3, -0.25) is 0 Å². The molecule has 27 heavy (non-hydrogen) atoms. The lowest BCUT2D eigenvalue weighted by molar-refractivity contribution is 0.269. The van der Waals surface area contributed by atoms with Crippen molar-refractivity contribution in [1.29, 1.82) is 0 Å². The van der Waals surface area contributed by atoms with Gasteiger partial charge in [0.25, 0.3) is 0 Å². The molecule has 0 bridgehead atoms. The molecule has 2 unspecified atom stereocenters. The molecule has 6 rings (SSSR count). The zero-order valence-corrected chi connectivity index (χ0v) is 15.0. The number of ether oxygens (including phenoxy) is 1. The fraction of sp³-hybridized carbons (Fsp3) is 0.120. The average Bonchev–Trinajstić information content (AvgIpc) is 3.25. The summed E-state index contributed by atoms with van der Waals surface area (Å²) >= 11 is 0. The van der Waals surface area contributed by atoms with Gasteiger partial charge in [0, 0.05) is 27.8 Å². The zero-order chi connectivity index (χ0) is 18.0. The number of para-hydroxylation sites is 2. The first-order chi connectivity index (χ1) is 13.3. The smallest absolute Gasteiger partial charge is 0.136 e. The second kappa shape index (κ2) is 5.37. The normalized spacial score (nSPS) is 20.4.